The minimum absolute atomic E-state index is 0.108. The molecule has 2 aliphatic rings. The SMILES string of the molecule is O=C1CC(C(=O)NCCCN2CCCCCC2)c2ccc(F)cc2N1. The highest BCUT2D eigenvalue weighted by atomic mass is 19.1. The van der Waals surface area contributed by atoms with Crippen molar-refractivity contribution in [1.29, 1.82) is 0 Å². The van der Waals surface area contributed by atoms with E-state index in [0.717, 1.165) is 26.1 Å². The second-order valence-corrected chi connectivity index (χ2v) is 6.94. The lowest BCUT2D eigenvalue weighted by Crippen LogP contribution is -2.36. The number of halogens is 1. The lowest BCUT2D eigenvalue weighted by atomic mass is 9.89. The van der Waals surface area contributed by atoms with Crippen molar-refractivity contribution in [3.05, 3.63) is 29.6 Å². The Morgan fingerprint density at radius 3 is 2.76 bits per heavy atom. The second-order valence-electron chi connectivity index (χ2n) is 6.94. The first-order valence-electron chi connectivity index (χ1n) is 9.23. The molecular formula is C19H26FN3O2. The zero-order valence-electron chi connectivity index (χ0n) is 14.5. The zero-order chi connectivity index (χ0) is 17.6. The smallest absolute Gasteiger partial charge is 0.228 e. The predicted molar refractivity (Wildman–Crippen MR) is 94.9 cm³/mol. The number of hydrogen-bond donors (Lipinski definition) is 2. The molecule has 1 atom stereocenters. The molecule has 0 saturated carbocycles. The lowest BCUT2D eigenvalue weighted by molar-refractivity contribution is -0.126. The molecule has 2 aliphatic heterocycles. The molecule has 2 N–H and O–H groups in total. The quantitative estimate of drug-likeness (QED) is 0.805. The predicted octanol–water partition coefficient (Wildman–Crippen LogP) is 2.63. The number of nitrogens with zero attached hydrogens (tertiary/aromatic N) is 1. The molecule has 0 aromatic heterocycles. The third-order valence-electron chi connectivity index (χ3n) is 5.02. The summed E-state index contributed by atoms with van der Waals surface area (Å²) in [7, 11) is 0. The molecule has 25 heavy (non-hydrogen) atoms. The van der Waals surface area contributed by atoms with Gasteiger partial charge in [-0.2, -0.15) is 0 Å². The summed E-state index contributed by atoms with van der Waals surface area (Å²) in [5.41, 5.74) is 1.09. The number of amides is 2. The van der Waals surface area contributed by atoms with Crippen LogP contribution >= 0.6 is 0 Å². The summed E-state index contributed by atoms with van der Waals surface area (Å²) in [5.74, 6) is -1.36. The van der Waals surface area contributed by atoms with Gasteiger partial charge in [0.2, 0.25) is 11.8 Å². The summed E-state index contributed by atoms with van der Waals surface area (Å²) in [6.45, 7) is 3.89. The van der Waals surface area contributed by atoms with Crippen LogP contribution in [0, 0.1) is 5.82 Å². The molecule has 1 aromatic carbocycles. The standard InChI is InChI=1S/C19H26FN3O2/c20-14-6-7-15-16(13-18(24)22-17(15)12-14)19(25)21-8-5-11-23-9-3-1-2-4-10-23/h6-7,12,16H,1-5,8-11,13H2,(H,21,25)(H,22,24). The summed E-state index contributed by atoms with van der Waals surface area (Å²) in [5, 5.41) is 5.58. The van der Waals surface area contributed by atoms with Gasteiger partial charge in [-0.15, -0.1) is 0 Å². The van der Waals surface area contributed by atoms with Gasteiger partial charge in [-0.1, -0.05) is 18.9 Å². The molecule has 6 heteroatoms. The van der Waals surface area contributed by atoms with E-state index in [2.05, 4.69) is 15.5 Å². The molecule has 1 aromatic rings. The van der Waals surface area contributed by atoms with Crippen molar-refractivity contribution in [1.82, 2.24) is 10.2 Å². The number of fused-ring (bicyclic) bond motifs is 1. The molecule has 1 unspecified atom stereocenters. The van der Waals surface area contributed by atoms with Crippen LogP contribution in [0.5, 0.6) is 0 Å². The second kappa shape index (κ2) is 8.43. The van der Waals surface area contributed by atoms with Gasteiger partial charge in [0.15, 0.2) is 0 Å². The molecule has 0 spiro atoms. The van der Waals surface area contributed by atoms with Gasteiger partial charge >= 0.3 is 0 Å². The maximum atomic E-state index is 13.3. The Morgan fingerprint density at radius 1 is 1.24 bits per heavy atom. The van der Waals surface area contributed by atoms with Gasteiger partial charge in [0.1, 0.15) is 5.82 Å². The van der Waals surface area contributed by atoms with Gasteiger partial charge in [-0.05, 0) is 56.6 Å². The van der Waals surface area contributed by atoms with Gasteiger partial charge in [0.05, 0.1) is 5.92 Å². The van der Waals surface area contributed by atoms with Crippen LogP contribution in [0.2, 0.25) is 0 Å². The van der Waals surface area contributed by atoms with Crippen LogP contribution in [0.3, 0.4) is 0 Å². The van der Waals surface area contributed by atoms with Gasteiger partial charge in [0, 0.05) is 18.7 Å². The van der Waals surface area contributed by atoms with Crippen LogP contribution in [0.4, 0.5) is 10.1 Å². The van der Waals surface area contributed by atoms with Crippen LogP contribution < -0.4 is 10.6 Å². The Morgan fingerprint density at radius 2 is 2.00 bits per heavy atom. The Balaban J connectivity index is 1.50. The number of anilines is 1. The fourth-order valence-electron chi connectivity index (χ4n) is 3.67. The van der Waals surface area contributed by atoms with Crippen molar-refractivity contribution in [2.75, 3.05) is 31.5 Å². The molecule has 1 fully saturated rings. The Kier molecular flexibility index (Phi) is 6.02. The Bertz CT molecular complexity index is 627. The first-order valence-corrected chi connectivity index (χ1v) is 9.23. The van der Waals surface area contributed by atoms with E-state index in [1.807, 2.05) is 0 Å². The summed E-state index contributed by atoms with van der Waals surface area (Å²) < 4.78 is 13.3. The normalized spacial score (nSPS) is 21.2. The van der Waals surface area contributed by atoms with Crippen LogP contribution in [0.1, 0.15) is 50.0 Å². The average Bonchev–Trinajstić information content (AvgIpc) is 2.86. The van der Waals surface area contributed by atoms with Gasteiger partial charge in [-0.3, -0.25) is 9.59 Å². The molecule has 136 valence electrons. The van der Waals surface area contributed by atoms with Crippen molar-refractivity contribution >= 4 is 17.5 Å². The van der Waals surface area contributed by atoms with Crippen molar-refractivity contribution in [3.63, 3.8) is 0 Å². The van der Waals surface area contributed by atoms with Crippen molar-refractivity contribution in [2.24, 2.45) is 0 Å². The topological polar surface area (TPSA) is 61.4 Å². The highest BCUT2D eigenvalue weighted by Gasteiger charge is 2.30. The van der Waals surface area contributed by atoms with E-state index in [1.165, 1.54) is 37.8 Å². The van der Waals surface area contributed by atoms with E-state index >= 15 is 0 Å². The number of carbonyl (C=O) groups excluding carboxylic acids is 2. The van der Waals surface area contributed by atoms with Gasteiger partial charge in [0.25, 0.3) is 0 Å². The van der Waals surface area contributed by atoms with Gasteiger partial charge < -0.3 is 15.5 Å². The van der Waals surface area contributed by atoms with E-state index < -0.39 is 11.7 Å². The Hall–Kier alpha value is -1.95. The van der Waals surface area contributed by atoms with E-state index in [-0.39, 0.29) is 18.2 Å². The van der Waals surface area contributed by atoms with E-state index in [0.29, 0.717) is 17.8 Å². The number of hydrogen-bond acceptors (Lipinski definition) is 3. The molecule has 1 saturated heterocycles. The number of nitrogens with one attached hydrogen (secondary N) is 2. The molecule has 5 nitrogen and oxygen atoms in total. The maximum Gasteiger partial charge on any atom is 0.228 e. The molecule has 2 heterocycles. The third-order valence-corrected chi connectivity index (χ3v) is 5.02. The monoisotopic (exact) mass is 347 g/mol. The number of carbonyl (C=O) groups is 2. The summed E-state index contributed by atoms with van der Waals surface area (Å²) in [6.07, 6.45) is 6.17. The largest absolute Gasteiger partial charge is 0.356 e. The average molecular weight is 347 g/mol. The minimum Gasteiger partial charge on any atom is -0.356 e. The fourth-order valence-corrected chi connectivity index (χ4v) is 3.67. The number of benzene rings is 1. The first kappa shape index (κ1) is 17.9. The van der Waals surface area contributed by atoms with E-state index in [1.54, 1.807) is 6.07 Å². The zero-order valence-corrected chi connectivity index (χ0v) is 14.5. The molecule has 3 rings (SSSR count). The summed E-state index contributed by atoms with van der Waals surface area (Å²) >= 11 is 0. The number of likely N-dealkylation sites (tertiary alicyclic amines) is 1. The van der Waals surface area contributed by atoms with Crippen LogP contribution in [-0.2, 0) is 9.59 Å². The Labute approximate surface area is 148 Å². The van der Waals surface area contributed by atoms with Crippen LogP contribution in [-0.4, -0.2) is 42.9 Å². The van der Waals surface area contributed by atoms with Crippen molar-refractivity contribution in [2.45, 2.75) is 44.4 Å². The molecule has 0 aliphatic carbocycles. The fraction of sp³-hybridized carbons (Fsp3) is 0.579. The van der Waals surface area contributed by atoms with Gasteiger partial charge in [-0.25, -0.2) is 4.39 Å². The molecule has 2 amide bonds. The van der Waals surface area contributed by atoms with Crippen LogP contribution in [0.15, 0.2) is 18.2 Å². The number of rotatable bonds is 5. The highest BCUT2D eigenvalue weighted by Crippen LogP contribution is 2.32. The third kappa shape index (κ3) is 4.78. The minimum atomic E-state index is -0.539. The van der Waals surface area contributed by atoms with Crippen molar-refractivity contribution < 1.29 is 14.0 Å². The summed E-state index contributed by atoms with van der Waals surface area (Å²) in [4.78, 5) is 26.8. The van der Waals surface area contributed by atoms with Crippen LogP contribution in [0.25, 0.3) is 0 Å². The molecule has 0 bridgehead atoms. The first-order chi connectivity index (χ1) is 12.1. The van der Waals surface area contributed by atoms with Crippen molar-refractivity contribution in [3.8, 4) is 0 Å². The molecule has 0 radical (unpaired) electrons. The van der Waals surface area contributed by atoms with E-state index in [9.17, 15) is 14.0 Å². The molecular weight excluding hydrogens is 321 g/mol. The highest BCUT2D eigenvalue weighted by molar-refractivity contribution is 6.01. The van der Waals surface area contributed by atoms with E-state index in [4.69, 9.17) is 0 Å². The maximum absolute atomic E-state index is 13.3. The lowest BCUT2D eigenvalue weighted by Gasteiger charge is -2.25. The summed E-state index contributed by atoms with van der Waals surface area (Å²) in [6, 6.07) is 4.19.